The lowest BCUT2D eigenvalue weighted by Gasteiger charge is -2.59. The van der Waals surface area contributed by atoms with Gasteiger partial charge in [0.25, 0.3) is 0 Å². The van der Waals surface area contributed by atoms with Crippen LogP contribution in [-0.2, 0) is 14.4 Å². The summed E-state index contributed by atoms with van der Waals surface area (Å²) in [5.74, 6) is 0.306. The van der Waals surface area contributed by atoms with E-state index in [1.54, 1.807) is 0 Å². The highest BCUT2D eigenvalue weighted by Gasteiger charge is 2.53. The third-order valence-corrected chi connectivity index (χ3v) is 7.55. The molecule has 5 aliphatic rings. The van der Waals surface area contributed by atoms with E-state index >= 15 is 0 Å². The molecule has 154 valence electrons. The first-order valence-corrected chi connectivity index (χ1v) is 10.8. The van der Waals surface area contributed by atoms with Crippen LogP contribution in [0, 0.1) is 23.2 Å². The predicted molar refractivity (Wildman–Crippen MR) is 102 cm³/mol. The fourth-order valence-corrected chi connectivity index (χ4v) is 6.49. The van der Waals surface area contributed by atoms with Crippen molar-refractivity contribution in [1.29, 1.82) is 0 Å². The van der Waals surface area contributed by atoms with Crippen molar-refractivity contribution in [2.24, 2.45) is 23.2 Å². The van der Waals surface area contributed by atoms with Crippen LogP contribution in [-0.4, -0.2) is 52.7 Å². The van der Waals surface area contributed by atoms with E-state index in [0.29, 0.717) is 6.42 Å². The molecule has 1 saturated heterocycles. The van der Waals surface area contributed by atoms with Crippen LogP contribution >= 0.6 is 0 Å². The van der Waals surface area contributed by atoms with Gasteiger partial charge in [-0.15, -0.1) is 0 Å². The number of imide groups is 2. The molecule has 28 heavy (non-hydrogen) atoms. The lowest BCUT2D eigenvalue weighted by molar-refractivity contribution is -0.144. The molecule has 0 aromatic rings. The quantitative estimate of drug-likeness (QED) is 0.535. The molecule has 0 radical (unpaired) electrons. The monoisotopic (exact) mass is 389 g/mol. The number of urea groups is 1. The summed E-state index contributed by atoms with van der Waals surface area (Å²) < 4.78 is 0. The van der Waals surface area contributed by atoms with Gasteiger partial charge in [-0.05, 0) is 75.0 Å². The number of carbonyl (C=O) groups excluding carboxylic acids is 4. The molecule has 0 unspecified atom stereocenters. The third kappa shape index (κ3) is 3.22. The van der Waals surface area contributed by atoms with Gasteiger partial charge in [0.2, 0.25) is 5.91 Å². The predicted octanol–water partition coefficient (Wildman–Crippen LogP) is 2.30. The highest BCUT2D eigenvalue weighted by atomic mass is 16.2. The largest absolute Gasteiger partial charge is 0.352 e. The molecule has 7 heteroatoms. The van der Waals surface area contributed by atoms with Crippen LogP contribution in [0.15, 0.2) is 0 Å². The number of rotatable bonds is 7. The second-order valence-corrected chi connectivity index (χ2v) is 9.55. The molecule has 1 N–H and O–H groups in total. The summed E-state index contributed by atoms with van der Waals surface area (Å²) in [4.78, 5) is 51.0. The zero-order valence-electron chi connectivity index (χ0n) is 16.9. The van der Waals surface area contributed by atoms with Gasteiger partial charge >= 0.3 is 17.8 Å². The summed E-state index contributed by atoms with van der Waals surface area (Å²) in [5.41, 5.74) is 0.159. The topological polar surface area (TPSA) is 86.8 Å². The van der Waals surface area contributed by atoms with Crippen LogP contribution in [0.25, 0.3) is 0 Å². The zero-order chi connectivity index (χ0) is 20.1. The van der Waals surface area contributed by atoms with Gasteiger partial charge < -0.3 is 5.32 Å². The van der Waals surface area contributed by atoms with Crippen LogP contribution in [0.3, 0.4) is 0 Å². The molecule has 5 fully saturated rings. The van der Waals surface area contributed by atoms with Gasteiger partial charge in [0.15, 0.2) is 0 Å². The molecule has 4 bridgehead atoms. The van der Waals surface area contributed by atoms with E-state index in [1.807, 2.05) is 6.92 Å². The number of hydrogen-bond acceptors (Lipinski definition) is 4. The Bertz CT molecular complexity index is 668. The molecule has 0 aromatic heterocycles. The Morgan fingerprint density at radius 1 is 1.04 bits per heavy atom. The Labute approximate surface area is 166 Å². The molecule has 1 heterocycles. The highest BCUT2D eigenvalue weighted by Crippen LogP contribution is 2.61. The van der Waals surface area contributed by atoms with Crippen LogP contribution < -0.4 is 5.32 Å². The zero-order valence-corrected chi connectivity index (χ0v) is 16.9. The van der Waals surface area contributed by atoms with Crippen LogP contribution in [0.2, 0.25) is 0 Å². The molecule has 1 aliphatic heterocycles. The average molecular weight is 389 g/mol. The smallest absolute Gasteiger partial charge is 0.334 e. The first kappa shape index (κ1) is 19.4. The second kappa shape index (κ2) is 7.16. The molecule has 0 aromatic carbocycles. The van der Waals surface area contributed by atoms with Crippen molar-refractivity contribution < 1.29 is 19.2 Å². The van der Waals surface area contributed by atoms with Gasteiger partial charge in [0.1, 0.15) is 6.54 Å². The molecule has 7 nitrogen and oxygen atoms in total. The summed E-state index contributed by atoms with van der Waals surface area (Å²) in [5, 5.41) is 3.06. The fourth-order valence-electron chi connectivity index (χ4n) is 6.49. The minimum absolute atomic E-state index is 0.0214. The molecule has 1 atom stereocenters. The first-order valence-electron chi connectivity index (χ1n) is 10.8. The normalized spacial score (nSPS) is 35.1. The van der Waals surface area contributed by atoms with Crippen molar-refractivity contribution in [2.45, 2.75) is 71.3 Å². The maximum Gasteiger partial charge on any atom is 0.334 e. The maximum absolute atomic E-state index is 12.6. The number of nitrogens with zero attached hydrogens (tertiary/aromatic N) is 2. The summed E-state index contributed by atoms with van der Waals surface area (Å²) in [7, 11) is 0. The minimum atomic E-state index is -0.890. The maximum atomic E-state index is 12.6. The molecule has 4 aliphatic carbocycles. The van der Waals surface area contributed by atoms with E-state index in [-0.39, 0.29) is 30.5 Å². The van der Waals surface area contributed by atoms with Crippen molar-refractivity contribution >= 4 is 23.8 Å². The Morgan fingerprint density at radius 2 is 1.57 bits per heavy atom. The first-order chi connectivity index (χ1) is 13.3. The molecular formula is C21H31N3O4. The summed E-state index contributed by atoms with van der Waals surface area (Å²) in [6.07, 6.45) is 9.00. The number of unbranched alkanes of at least 4 members (excludes halogenated alkanes) is 1. The fraction of sp³-hybridized carbons (Fsp3) is 0.810. The number of nitrogens with one attached hydrogen (secondary N) is 1. The van der Waals surface area contributed by atoms with E-state index < -0.39 is 17.8 Å². The van der Waals surface area contributed by atoms with Gasteiger partial charge in [0, 0.05) is 12.6 Å². The Kier molecular flexibility index (Phi) is 4.96. The summed E-state index contributed by atoms with van der Waals surface area (Å²) in [6.45, 7) is 3.87. The Morgan fingerprint density at radius 3 is 2.11 bits per heavy atom. The molecule has 4 saturated carbocycles. The molecule has 5 rings (SSSR count). The second-order valence-electron chi connectivity index (χ2n) is 9.55. The molecular weight excluding hydrogens is 358 g/mol. The van der Waals surface area contributed by atoms with Crippen LogP contribution in [0.4, 0.5) is 4.79 Å². The highest BCUT2D eigenvalue weighted by molar-refractivity contribution is 6.45. The van der Waals surface area contributed by atoms with E-state index in [9.17, 15) is 19.2 Å². The van der Waals surface area contributed by atoms with Crippen molar-refractivity contribution in [3.8, 4) is 0 Å². The number of amides is 5. The Hall–Kier alpha value is -1.92. The van der Waals surface area contributed by atoms with Crippen molar-refractivity contribution in [3.63, 3.8) is 0 Å². The lowest BCUT2D eigenvalue weighted by atomic mass is 9.48. The average Bonchev–Trinajstić information content (AvgIpc) is 2.82. The SMILES string of the molecule is CCCCN1C(=O)C(=O)N(CC(=O)N[C@H](C)C23CC4CC(CC(C4)C2)C3)C1=O. The standard InChI is InChI=1S/C21H31N3O4/c1-3-4-5-23-18(26)19(27)24(20(23)28)12-17(25)22-13(2)21-9-14-6-15(10-21)8-16(7-14)11-21/h13-16H,3-12H2,1-2H3,(H,22,25)/t13-,14?,15?,16?,21?/m1/s1. The van der Waals surface area contributed by atoms with Crippen LogP contribution in [0.5, 0.6) is 0 Å². The van der Waals surface area contributed by atoms with E-state index in [2.05, 4.69) is 12.2 Å². The number of hydrogen-bond donors (Lipinski definition) is 1. The van der Waals surface area contributed by atoms with E-state index in [1.165, 1.54) is 38.5 Å². The van der Waals surface area contributed by atoms with Gasteiger partial charge in [-0.1, -0.05) is 13.3 Å². The van der Waals surface area contributed by atoms with Gasteiger partial charge in [0.05, 0.1) is 0 Å². The van der Waals surface area contributed by atoms with Crippen molar-refractivity contribution in [3.05, 3.63) is 0 Å². The van der Waals surface area contributed by atoms with E-state index in [0.717, 1.165) is 34.0 Å². The molecule has 5 amide bonds. The Balaban J connectivity index is 1.37. The van der Waals surface area contributed by atoms with E-state index in [4.69, 9.17) is 0 Å². The third-order valence-electron chi connectivity index (χ3n) is 7.55. The van der Waals surface area contributed by atoms with Gasteiger partial charge in [-0.2, -0.15) is 0 Å². The lowest BCUT2D eigenvalue weighted by Crippen LogP contribution is -2.57. The molecule has 0 spiro atoms. The minimum Gasteiger partial charge on any atom is -0.352 e. The summed E-state index contributed by atoms with van der Waals surface area (Å²) in [6, 6.07) is -0.644. The summed E-state index contributed by atoms with van der Waals surface area (Å²) >= 11 is 0. The van der Waals surface area contributed by atoms with Crippen molar-refractivity contribution in [1.82, 2.24) is 15.1 Å². The van der Waals surface area contributed by atoms with Gasteiger partial charge in [-0.25, -0.2) is 9.69 Å². The van der Waals surface area contributed by atoms with Crippen LogP contribution in [0.1, 0.15) is 65.2 Å². The van der Waals surface area contributed by atoms with Crippen molar-refractivity contribution in [2.75, 3.05) is 13.1 Å². The number of carbonyl (C=O) groups is 4. The van der Waals surface area contributed by atoms with Gasteiger partial charge in [-0.3, -0.25) is 19.3 Å².